The van der Waals surface area contributed by atoms with E-state index >= 15 is 0 Å². The number of hydrogen-bond acceptors (Lipinski definition) is 2. The van der Waals surface area contributed by atoms with Gasteiger partial charge in [0.15, 0.2) is 0 Å². The van der Waals surface area contributed by atoms with Crippen molar-refractivity contribution in [3.63, 3.8) is 0 Å². The Labute approximate surface area is 119 Å². The monoisotopic (exact) mass is 271 g/mol. The number of aliphatic carboxylic acids is 1. The van der Waals surface area contributed by atoms with Gasteiger partial charge in [-0.25, -0.2) is 0 Å². The van der Waals surface area contributed by atoms with Crippen molar-refractivity contribution in [3.05, 3.63) is 35.4 Å². The molecule has 2 aliphatic carbocycles. The number of piperidine rings is 2. The number of carboxylic acids is 1. The molecule has 4 bridgehead atoms. The minimum Gasteiger partial charge on any atom is -0.481 e. The van der Waals surface area contributed by atoms with Gasteiger partial charge in [0.25, 0.3) is 0 Å². The summed E-state index contributed by atoms with van der Waals surface area (Å²) >= 11 is 0. The van der Waals surface area contributed by atoms with Crippen LogP contribution in [-0.2, 0) is 16.6 Å². The molecule has 0 amide bonds. The number of carboxylic acid groups (broad SMARTS) is 1. The second-order valence-corrected chi connectivity index (χ2v) is 6.74. The number of hydrogen-bond donors (Lipinski definition) is 2. The van der Waals surface area contributed by atoms with Crippen molar-refractivity contribution in [1.82, 2.24) is 5.32 Å². The van der Waals surface area contributed by atoms with E-state index in [1.165, 1.54) is 11.1 Å². The van der Waals surface area contributed by atoms with Crippen LogP contribution in [0.5, 0.6) is 0 Å². The molecule has 20 heavy (non-hydrogen) atoms. The SMILES string of the molecule is CC[C@]12CC3NC(Cc4ccccc41)C2C[C@@H]3C(=O)O. The molecular weight excluding hydrogens is 250 g/mol. The van der Waals surface area contributed by atoms with Gasteiger partial charge in [0.2, 0.25) is 0 Å². The zero-order valence-corrected chi connectivity index (χ0v) is 11.8. The van der Waals surface area contributed by atoms with E-state index in [-0.39, 0.29) is 17.4 Å². The van der Waals surface area contributed by atoms with Crippen LogP contribution >= 0.6 is 0 Å². The molecule has 106 valence electrons. The number of nitrogens with one attached hydrogen (secondary N) is 1. The van der Waals surface area contributed by atoms with Crippen LogP contribution in [0, 0.1) is 11.8 Å². The first-order valence-electron chi connectivity index (χ1n) is 7.73. The molecule has 1 saturated carbocycles. The summed E-state index contributed by atoms with van der Waals surface area (Å²) in [6.07, 6.45) is 4.01. The van der Waals surface area contributed by atoms with Gasteiger partial charge in [0.1, 0.15) is 0 Å². The minimum atomic E-state index is -0.621. The van der Waals surface area contributed by atoms with Gasteiger partial charge in [-0.05, 0) is 42.7 Å². The molecule has 4 aliphatic rings. The zero-order valence-electron chi connectivity index (χ0n) is 11.8. The molecule has 2 heterocycles. The van der Waals surface area contributed by atoms with Crippen molar-refractivity contribution in [2.45, 2.75) is 50.1 Å². The Bertz CT molecular complexity index is 570. The molecule has 2 saturated heterocycles. The van der Waals surface area contributed by atoms with Gasteiger partial charge in [-0.3, -0.25) is 4.79 Å². The summed E-state index contributed by atoms with van der Waals surface area (Å²) in [5, 5.41) is 13.1. The van der Waals surface area contributed by atoms with Crippen LogP contribution in [0.3, 0.4) is 0 Å². The Balaban J connectivity index is 1.83. The van der Waals surface area contributed by atoms with Gasteiger partial charge in [0, 0.05) is 17.5 Å². The van der Waals surface area contributed by atoms with E-state index in [0.29, 0.717) is 12.0 Å². The first-order valence-corrected chi connectivity index (χ1v) is 7.73. The highest BCUT2D eigenvalue weighted by molar-refractivity contribution is 5.72. The van der Waals surface area contributed by atoms with Crippen molar-refractivity contribution < 1.29 is 9.90 Å². The number of rotatable bonds is 2. The lowest BCUT2D eigenvalue weighted by Gasteiger charge is -2.61. The van der Waals surface area contributed by atoms with Gasteiger partial charge >= 0.3 is 5.97 Å². The standard InChI is InChI=1S/C17H21NO2/c1-2-17-9-15-11(16(19)20)8-13(17)14(18-15)7-10-5-3-4-6-12(10)17/h3-6,11,13-15,18H,2,7-9H2,1H3,(H,19,20)/t11-,13?,14?,15?,17-/m0/s1. The van der Waals surface area contributed by atoms with E-state index < -0.39 is 5.97 Å². The Morgan fingerprint density at radius 2 is 2.20 bits per heavy atom. The van der Waals surface area contributed by atoms with Crippen LogP contribution in [0.2, 0.25) is 0 Å². The lowest BCUT2D eigenvalue weighted by Crippen LogP contribution is -2.69. The second-order valence-electron chi connectivity index (χ2n) is 6.74. The highest BCUT2D eigenvalue weighted by Gasteiger charge is 2.58. The van der Waals surface area contributed by atoms with E-state index in [1.807, 2.05) is 0 Å². The topological polar surface area (TPSA) is 49.3 Å². The van der Waals surface area contributed by atoms with Gasteiger partial charge in [0.05, 0.1) is 5.92 Å². The highest BCUT2D eigenvalue weighted by Crippen LogP contribution is 2.56. The zero-order chi connectivity index (χ0) is 13.9. The van der Waals surface area contributed by atoms with Gasteiger partial charge in [-0.2, -0.15) is 0 Å². The van der Waals surface area contributed by atoms with Gasteiger partial charge < -0.3 is 10.4 Å². The molecule has 0 aromatic heterocycles. The molecule has 0 radical (unpaired) electrons. The van der Waals surface area contributed by atoms with Crippen LogP contribution < -0.4 is 5.32 Å². The summed E-state index contributed by atoms with van der Waals surface area (Å²) in [5.41, 5.74) is 3.18. The number of benzene rings is 1. The molecule has 1 aromatic carbocycles. The van der Waals surface area contributed by atoms with E-state index in [1.54, 1.807) is 0 Å². The Hall–Kier alpha value is -1.35. The minimum absolute atomic E-state index is 0.149. The molecule has 2 aliphatic heterocycles. The van der Waals surface area contributed by atoms with Crippen LogP contribution in [-0.4, -0.2) is 23.2 Å². The number of fused-ring (bicyclic) bond motifs is 2. The average Bonchev–Trinajstić information content (AvgIpc) is 2.46. The molecule has 3 heteroatoms. The van der Waals surface area contributed by atoms with E-state index in [2.05, 4.69) is 36.5 Å². The lowest BCUT2D eigenvalue weighted by atomic mass is 9.49. The van der Waals surface area contributed by atoms with Crippen molar-refractivity contribution >= 4 is 5.97 Å². The maximum atomic E-state index is 11.5. The van der Waals surface area contributed by atoms with Crippen molar-refractivity contribution in [2.75, 3.05) is 0 Å². The summed E-state index contributed by atoms with van der Waals surface area (Å²) in [4.78, 5) is 11.5. The largest absolute Gasteiger partial charge is 0.481 e. The first kappa shape index (κ1) is 12.4. The first-order chi connectivity index (χ1) is 9.65. The summed E-state index contributed by atoms with van der Waals surface area (Å²) in [6, 6.07) is 9.42. The Kier molecular flexibility index (Phi) is 2.53. The molecule has 3 nitrogen and oxygen atoms in total. The third-order valence-electron chi connectivity index (χ3n) is 6.14. The van der Waals surface area contributed by atoms with Gasteiger partial charge in [-0.15, -0.1) is 0 Å². The molecular formula is C17H21NO2. The normalized spacial score (nSPS) is 41.2. The van der Waals surface area contributed by atoms with Crippen LogP contribution in [0.25, 0.3) is 0 Å². The fourth-order valence-electron chi connectivity index (χ4n) is 5.27. The molecule has 3 unspecified atom stereocenters. The Morgan fingerprint density at radius 3 is 2.90 bits per heavy atom. The fraction of sp³-hybridized carbons (Fsp3) is 0.588. The maximum Gasteiger partial charge on any atom is 0.308 e. The summed E-state index contributed by atoms with van der Waals surface area (Å²) < 4.78 is 0. The van der Waals surface area contributed by atoms with E-state index in [9.17, 15) is 9.90 Å². The number of carbonyl (C=O) groups is 1. The summed E-state index contributed by atoms with van der Waals surface area (Å²) in [7, 11) is 0. The molecule has 3 fully saturated rings. The summed E-state index contributed by atoms with van der Waals surface area (Å²) in [6.45, 7) is 2.27. The van der Waals surface area contributed by atoms with Crippen LogP contribution in [0.1, 0.15) is 37.3 Å². The lowest BCUT2D eigenvalue weighted by molar-refractivity contribution is -0.149. The maximum absolute atomic E-state index is 11.5. The Morgan fingerprint density at radius 1 is 1.40 bits per heavy atom. The van der Waals surface area contributed by atoms with E-state index in [0.717, 1.165) is 25.7 Å². The predicted octanol–water partition coefficient (Wildman–Crippen LogP) is 2.34. The molecule has 0 spiro atoms. The van der Waals surface area contributed by atoms with Gasteiger partial charge in [-0.1, -0.05) is 31.2 Å². The van der Waals surface area contributed by atoms with Crippen molar-refractivity contribution in [3.8, 4) is 0 Å². The third-order valence-corrected chi connectivity index (χ3v) is 6.14. The predicted molar refractivity (Wildman–Crippen MR) is 76.7 cm³/mol. The van der Waals surface area contributed by atoms with Crippen molar-refractivity contribution in [1.29, 1.82) is 0 Å². The second kappa shape index (κ2) is 4.08. The molecule has 2 N–H and O–H groups in total. The third kappa shape index (κ3) is 1.42. The van der Waals surface area contributed by atoms with E-state index in [4.69, 9.17) is 0 Å². The highest BCUT2D eigenvalue weighted by atomic mass is 16.4. The average molecular weight is 271 g/mol. The van der Waals surface area contributed by atoms with Crippen LogP contribution in [0.15, 0.2) is 24.3 Å². The van der Waals surface area contributed by atoms with Crippen LogP contribution in [0.4, 0.5) is 0 Å². The molecule has 1 aromatic rings. The van der Waals surface area contributed by atoms with Crippen molar-refractivity contribution in [2.24, 2.45) is 11.8 Å². The molecule has 5 atom stereocenters. The fourth-order valence-corrected chi connectivity index (χ4v) is 5.27. The summed E-state index contributed by atoms with van der Waals surface area (Å²) in [5.74, 6) is -0.334. The smallest absolute Gasteiger partial charge is 0.308 e. The molecule has 5 rings (SSSR count). The quantitative estimate of drug-likeness (QED) is 0.868.